The molecule has 0 radical (unpaired) electrons. The second-order valence-electron chi connectivity index (χ2n) is 4.61. The fourth-order valence-corrected chi connectivity index (χ4v) is 2.62. The third-order valence-corrected chi connectivity index (χ3v) is 3.88. The van der Waals surface area contributed by atoms with Gasteiger partial charge in [0, 0.05) is 16.1 Å². The minimum atomic E-state index is -4.58. The smallest absolute Gasteiger partial charge is 0.420 e. The molecule has 7 heteroatoms. The second kappa shape index (κ2) is 5.89. The van der Waals surface area contributed by atoms with E-state index in [-0.39, 0.29) is 28.4 Å². The van der Waals surface area contributed by atoms with Crippen LogP contribution in [0.5, 0.6) is 5.75 Å². The lowest BCUT2D eigenvalue weighted by atomic mass is 9.77. The molecule has 0 unspecified atom stereocenters. The summed E-state index contributed by atoms with van der Waals surface area (Å²) in [5.41, 5.74) is 5.06. The molecule has 0 spiro atoms. The Morgan fingerprint density at radius 2 is 1.89 bits per heavy atom. The molecule has 0 saturated heterocycles. The van der Waals surface area contributed by atoms with Gasteiger partial charge in [-0.25, -0.2) is 0 Å². The van der Waals surface area contributed by atoms with E-state index < -0.39 is 23.5 Å². The third kappa shape index (κ3) is 3.35. The molecule has 1 atom stereocenters. The molecule has 0 amide bonds. The monoisotopic (exact) mass is 359 g/mol. The molecule has 2 nitrogen and oxygen atoms in total. The maximum atomic E-state index is 12.7. The van der Waals surface area contributed by atoms with Crippen molar-refractivity contribution in [2.45, 2.75) is 31.5 Å². The van der Waals surface area contributed by atoms with Gasteiger partial charge >= 0.3 is 6.18 Å². The highest BCUT2D eigenvalue weighted by molar-refractivity contribution is 9.10. The SMILES string of the molecule is Cl.N[C@@H](c1cc(Br)cc(C(F)(F)F)c1O)C1CCC1. The van der Waals surface area contributed by atoms with Crippen molar-refractivity contribution in [2.75, 3.05) is 0 Å². The summed E-state index contributed by atoms with van der Waals surface area (Å²) in [4.78, 5) is 0. The lowest BCUT2D eigenvalue weighted by Gasteiger charge is -2.32. The number of benzene rings is 1. The highest BCUT2D eigenvalue weighted by Gasteiger charge is 2.37. The van der Waals surface area contributed by atoms with E-state index in [9.17, 15) is 18.3 Å². The first kappa shape index (κ1) is 16.6. The van der Waals surface area contributed by atoms with Crippen LogP contribution in [0, 0.1) is 5.92 Å². The van der Waals surface area contributed by atoms with Gasteiger partial charge in [0.15, 0.2) is 0 Å². The average Bonchev–Trinajstić information content (AvgIpc) is 2.16. The lowest BCUT2D eigenvalue weighted by molar-refractivity contribution is -0.138. The molecule has 2 rings (SSSR count). The average molecular weight is 361 g/mol. The van der Waals surface area contributed by atoms with Crippen LogP contribution in [0.1, 0.15) is 36.4 Å². The zero-order chi connectivity index (χ0) is 13.5. The van der Waals surface area contributed by atoms with Crippen LogP contribution in [0.15, 0.2) is 16.6 Å². The molecular weight excluding hydrogens is 346 g/mol. The Morgan fingerprint density at radius 1 is 1.32 bits per heavy atom. The predicted molar refractivity (Wildman–Crippen MR) is 72.3 cm³/mol. The Bertz CT molecular complexity index is 463. The van der Waals surface area contributed by atoms with Crippen molar-refractivity contribution in [1.29, 1.82) is 0 Å². The molecule has 3 N–H and O–H groups in total. The van der Waals surface area contributed by atoms with Gasteiger partial charge in [-0.15, -0.1) is 12.4 Å². The highest BCUT2D eigenvalue weighted by Crippen LogP contribution is 2.45. The number of phenolic OH excluding ortho intramolecular Hbond substituents is 1. The number of hydrogen-bond acceptors (Lipinski definition) is 2. The number of alkyl halides is 3. The largest absolute Gasteiger partial charge is 0.507 e. The van der Waals surface area contributed by atoms with Gasteiger partial charge in [-0.3, -0.25) is 0 Å². The second-order valence-corrected chi connectivity index (χ2v) is 5.52. The van der Waals surface area contributed by atoms with E-state index in [1.807, 2.05) is 0 Å². The molecule has 1 fully saturated rings. The topological polar surface area (TPSA) is 46.2 Å². The fourth-order valence-electron chi connectivity index (χ4n) is 2.14. The Kier molecular flexibility index (Phi) is 5.15. The van der Waals surface area contributed by atoms with Crippen LogP contribution in [0.4, 0.5) is 13.2 Å². The number of rotatable bonds is 2. The van der Waals surface area contributed by atoms with Crippen LogP contribution in [-0.4, -0.2) is 5.11 Å². The molecule has 19 heavy (non-hydrogen) atoms. The van der Waals surface area contributed by atoms with E-state index in [1.165, 1.54) is 6.07 Å². The summed E-state index contributed by atoms with van der Waals surface area (Å²) in [6, 6.07) is 1.79. The van der Waals surface area contributed by atoms with Crippen LogP contribution in [0.3, 0.4) is 0 Å². The van der Waals surface area contributed by atoms with Crippen LogP contribution >= 0.6 is 28.3 Å². The number of hydrogen-bond donors (Lipinski definition) is 2. The Morgan fingerprint density at radius 3 is 2.32 bits per heavy atom. The number of halogens is 5. The zero-order valence-corrected chi connectivity index (χ0v) is 12.3. The summed E-state index contributed by atoms with van der Waals surface area (Å²) >= 11 is 3.03. The Hall–Kier alpha value is -0.460. The lowest BCUT2D eigenvalue weighted by Crippen LogP contribution is -2.27. The molecule has 1 aromatic rings. The summed E-state index contributed by atoms with van der Waals surface area (Å²) in [7, 11) is 0. The van der Waals surface area contributed by atoms with Crippen LogP contribution in [0.2, 0.25) is 0 Å². The molecule has 1 saturated carbocycles. The van der Waals surface area contributed by atoms with Crippen molar-refractivity contribution < 1.29 is 18.3 Å². The first-order chi connectivity index (χ1) is 8.30. The molecule has 108 valence electrons. The summed E-state index contributed by atoms with van der Waals surface area (Å²) in [6.07, 6.45) is -1.75. The quantitative estimate of drug-likeness (QED) is 0.821. The number of aromatic hydroxyl groups is 1. The minimum Gasteiger partial charge on any atom is -0.507 e. The summed E-state index contributed by atoms with van der Waals surface area (Å²) in [5.74, 6) is -0.587. The van der Waals surface area contributed by atoms with E-state index in [0.717, 1.165) is 25.3 Å². The minimum absolute atomic E-state index is 0. The maximum absolute atomic E-state index is 12.7. The van der Waals surface area contributed by atoms with Crippen molar-refractivity contribution in [3.05, 3.63) is 27.7 Å². The van der Waals surface area contributed by atoms with Gasteiger partial charge in [0.1, 0.15) is 5.75 Å². The van der Waals surface area contributed by atoms with Crippen molar-refractivity contribution in [1.82, 2.24) is 0 Å². The Balaban J connectivity index is 0.00000180. The van der Waals surface area contributed by atoms with Crippen LogP contribution in [-0.2, 0) is 6.18 Å². The molecule has 0 aromatic heterocycles. The Labute approximate surface area is 123 Å². The van der Waals surface area contributed by atoms with Gasteiger partial charge in [0.05, 0.1) is 5.56 Å². The molecule has 1 aliphatic carbocycles. The van der Waals surface area contributed by atoms with Gasteiger partial charge in [-0.2, -0.15) is 13.2 Å². The summed E-state index contributed by atoms with van der Waals surface area (Å²) in [5, 5.41) is 9.77. The van der Waals surface area contributed by atoms with Crippen LogP contribution in [0.25, 0.3) is 0 Å². The van der Waals surface area contributed by atoms with Gasteiger partial charge in [-0.05, 0) is 30.9 Å². The first-order valence-corrected chi connectivity index (χ1v) is 6.45. The van der Waals surface area contributed by atoms with Gasteiger partial charge in [0.25, 0.3) is 0 Å². The molecule has 0 heterocycles. The number of phenols is 1. The third-order valence-electron chi connectivity index (χ3n) is 3.43. The van der Waals surface area contributed by atoms with Gasteiger partial charge in [0.2, 0.25) is 0 Å². The molecule has 0 bridgehead atoms. The molecule has 1 aromatic carbocycles. The summed E-state index contributed by atoms with van der Waals surface area (Å²) in [6.45, 7) is 0. The molecule has 1 aliphatic rings. The van der Waals surface area contributed by atoms with Crippen molar-refractivity contribution in [3.8, 4) is 5.75 Å². The normalized spacial score (nSPS) is 17.5. The van der Waals surface area contributed by atoms with E-state index in [1.54, 1.807) is 0 Å². The van der Waals surface area contributed by atoms with Crippen molar-refractivity contribution in [2.24, 2.45) is 11.7 Å². The van der Waals surface area contributed by atoms with Gasteiger partial charge < -0.3 is 10.8 Å². The standard InChI is InChI=1S/C12H13BrF3NO.ClH/c13-7-4-8(10(17)6-2-1-3-6)11(18)9(5-7)12(14,15)16;/h4-6,10,18H,1-3,17H2;1H/t10-;/m1./s1. The van der Waals surface area contributed by atoms with E-state index >= 15 is 0 Å². The zero-order valence-electron chi connectivity index (χ0n) is 9.88. The van der Waals surface area contributed by atoms with Crippen molar-refractivity contribution in [3.63, 3.8) is 0 Å². The molecular formula is C12H14BrClF3NO. The van der Waals surface area contributed by atoms with E-state index in [4.69, 9.17) is 5.73 Å². The predicted octanol–water partition coefficient (Wildman–Crippen LogP) is 4.40. The van der Waals surface area contributed by atoms with Crippen molar-refractivity contribution >= 4 is 28.3 Å². The maximum Gasteiger partial charge on any atom is 0.420 e. The first-order valence-electron chi connectivity index (χ1n) is 5.66. The van der Waals surface area contributed by atoms with Crippen LogP contribution < -0.4 is 5.73 Å². The highest BCUT2D eigenvalue weighted by atomic mass is 79.9. The van der Waals surface area contributed by atoms with E-state index in [2.05, 4.69) is 15.9 Å². The molecule has 0 aliphatic heterocycles. The van der Waals surface area contributed by atoms with Gasteiger partial charge in [-0.1, -0.05) is 22.4 Å². The van der Waals surface area contributed by atoms with E-state index in [0.29, 0.717) is 0 Å². The number of nitrogens with two attached hydrogens (primary N) is 1. The fraction of sp³-hybridized carbons (Fsp3) is 0.500. The summed E-state index contributed by atoms with van der Waals surface area (Å²) < 4.78 is 38.5.